The number of benzene rings is 1. The van der Waals surface area contributed by atoms with E-state index in [4.69, 9.17) is 4.74 Å². The van der Waals surface area contributed by atoms with E-state index in [1.165, 1.54) is 12.1 Å². The molecule has 6 heteroatoms. The van der Waals surface area contributed by atoms with Crippen LogP contribution in [-0.2, 0) is 16.0 Å². The molecule has 0 aromatic heterocycles. The van der Waals surface area contributed by atoms with Crippen molar-refractivity contribution in [3.63, 3.8) is 0 Å². The molecule has 0 aliphatic carbocycles. The summed E-state index contributed by atoms with van der Waals surface area (Å²) in [5.41, 5.74) is 0.803. The van der Waals surface area contributed by atoms with Crippen molar-refractivity contribution in [2.24, 2.45) is 0 Å². The molecule has 1 unspecified atom stereocenters. The lowest BCUT2D eigenvalue weighted by molar-refractivity contribution is -0.138. The van der Waals surface area contributed by atoms with E-state index >= 15 is 0 Å². The highest BCUT2D eigenvalue weighted by Gasteiger charge is 2.41. The standard InChI is InChI=1S/C15H18FNO4/c1-8-5-9(16)6-11-10(8)7-12(13(18)19)17(11)14(20)21-15(2,3)4/h5-6,12H,7H2,1-4H3,(H,18,19). The molecule has 5 nitrogen and oxygen atoms in total. The molecule has 0 bridgehead atoms. The molecule has 0 spiro atoms. The minimum absolute atomic E-state index is 0.149. The number of carbonyl (C=O) groups is 2. The fourth-order valence-electron chi connectivity index (χ4n) is 2.42. The van der Waals surface area contributed by atoms with E-state index in [2.05, 4.69) is 0 Å². The SMILES string of the molecule is Cc1cc(F)cc2c1CC(C(=O)O)N2C(=O)OC(C)(C)C. The van der Waals surface area contributed by atoms with Crippen molar-refractivity contribution in [1.29, 1.82) is 0 Å². The van der Waals surface area contributed by atoms with Gasteiger partial charge in [-0.1, -0.05) is 0 Å². The lowest BCUT2D eigenvalue weighted by atomic mass is 10.0. The summed E-state index contributed by atoms with van der Waals surface area (Å²) in [5, 5.41) is 9.32. The van der Waals surface area contributed by atoms with Gasteiger partial charge in [0.25, 0.3) is 0 Å². The Bertz CT molecular complexity index is 606. The Kier molecular flexibility index (Phi) is 3.65. The second-order valence-corrected chi connectivity index (χ2v) is 6.13. The zero-order valence-electron chi connectivity index (χ0n) is 12.4. The third kappa shape index (κ3) is 2.99. The number of nitrogens with zero attached hydrogens (tertiary/aromatic N) is 1. The van der Waals surface area contributed by atoms with E-state index in [-0.39, 0.29) is 12.1 Å². The first-order valence-corrected chi connectivity index (χ1v) is 6.64. The number of carboxylic acids is 1. The van der Waals surface area contributed by atoms with Crippen LogP contribution in [0.1, 0.15) is 31.9 Å². The van der Waals surface area contributed by atoms with Crippen molar-refractivity contribution >= 4 is 17.7 Å². The van der Waals surface area contributed by atoms with Crippen LogP contribution in [0.5, 0.6) is 0 Å². The summed E-state index contributed by atoms with van der Waals surface area (Å²) in [6.45, 7) is 6.76. The molecule has 0 saturated carbocycles. The van der Waals surface area contributed by atoms with Crippen LogP contribution in [0.2, 0.25) is 0 Å². The smallest absolute Gasteiger partial charge is 0.415 e. The Morgan fingerprint density at radius 2 is 2.00 bits per heavy atom. The predicted octanol–water partition coefficient (Wildman–Crippen LogP) is 2.88. The maximum Gasteiger partial charge on any atom is 0.415 e. The fraction of sp³-hybridized carbons (Fsp3) is 0.467. The molecule has 0 fully saturated rings. The number of rotatable bonds is 1. The summed E-state index contributed by atoms with van der Waals surface area (Å²) in [5.74, 6) is -1.65. The summed E-state index contributed by atoms with van der Waals surface area (Å²) < 4.78 is 18.8. The van der Waals surface area contributed by atoms with Gasteiger partial charge in [0.2, 0.25) is 0 Å². The van der Waals surface area contributed by atoms with Gasteiger partial charge < -0.3 is 9.84 Å². The van der Waals surface area contributed by atoms with Crippen LogP contribution in [0.15, 0.2) is 12.1 Å². The minimum Gasteiger partial charge on any atom is -0.480 e. The number of aryl methyl sites for hydroxylation is 1. The Morgan fingerprint density at radius 3 is 2.52 bits per heavy atom. The monoisotopic (exact) mass is 295 g/mol. The molecule has 1 atom stereocenters. The molecule has 1 aliphatic rings. The van der Waals surface area contributed by atoms with Crippen molar-refractivity contribution in [3.8, 4) is 0 Å². The first kappa shape index (κ1) is 15.3. The minimum atomic E-state index is -1.14. The average molecular weight is 295 g/mol. The van der Waals surface area contributed by atoms with Crippen LogP contribution in [0.25, 0.3) is 0 Å². The molecule has 1 N–H and O–H groups in total. The van der Waals surface area contributed by atoms with Gasteiger partial charge in [0, 0.05) is 6.42 Å². The van der Waals surface area contributed by atoms with E-state index in [9.17, 15) is 19.1 Å². The third-order valence-electron chi connectivity index (χ3n) is 3.26. The molecule has 2 rings (SSSR count). The summed E-state index contributed by atoms with van der Waals surface area (Å²) in [6, 6.07) is 1.43. The number of aliphatic carboxylic acids is 1. The van der Waals surface area contributed by atoms with Gasteiger partial charge in [-0.15, -0.1) is 0 Å². The number of carboxylic acid groups (broad SMARTS) is 1. The highest BCUT2D eigenvalue weighted by molar-refractivity contribution is 5.98. The molecule has 0 saturated heterocycles. The number of carbonyl (C=O) groups excluding carboxylic acids is 1. The first-order valence-electron chi connectivity index (χ1n) is 6.64. The molecule has 1 aromatic carbocycles. The molecule has 1 aliphatic heterocycles. The maximum absolute atomic E-state index is 13.6. The van der Waals surface area contributed by atoms with Gasteiger partial charge in [0.1, 0.15) is 17.5 Å². The second kappa shape index (κ2) is 5.02. The quantitative estimate of drug-likeness (QED) is 0.865. The number of hydrogen-bond donors (Lipinski definition) is 1. The van der Waals surface area contributed by atoms with Gasteiger partial charge in [0.15, 0.2) is 0 Å². The summed E-state index contributed by atoms with van der Waals surface area (Å²) in [4.78, 5) is 24.7. The molecule has 114 valence electrons. The van der Waals surface area contributed by atoms with E-state index < -0.39 is 29.5 Å². The zero-order chi connectivity index (χ0) is 15.9. The van der Waals surface area contributed by atoms with Crippen molar-refractivity contribution in [2.45, 2.75) is 45.8 Å². The second-order valence-electron chi connectivity index (χ2n) is 6.13. The normalized spacial score (nSPS) is 17.6. The van der Waals surface area contributed by atoms with Gasteiger partial charge in [-0.2, -0.15) is 0 Å². The lowest BCUT2D eigenvalue weighted by Crippen LogP contribution is -2.45. The molecular formula is C15H18FNO4. The molecule has 1 amide bonds. The number of amides is 1. The zero-order valence-corrected chi connectivity index (χ0v) is 12.4. The van der Waals surface area contributed by atoms with Crippen molar-refractivity contribution in [3.05, 3.63) is 29.1 Å². The van der Waals surface area contributed by atoms with E-state index in [1.807, 2.05) is 0 Å². The molecule has 0 radical (unpaired) electrons. The van der Waals surface area contributed by atoms with Crippen LogP contribution in [0.3, 0.4) is 0 Å². The van der Waals surface area contributed by atoms with E-state index in [0.29, 0.717) is 11.1 Å². The number of fused-ring (bicyclic) bond motifs is 1. The van der Waals surface area contributed by atoms with Crippen LogP contribution in [-0.4, -0.2) is 28.8 Å². The Labute approximate surface area is 122 Å². The Hall–Kier alpha value is -2.11. The van der Waals surface area contributed by atoms with Gasteiger partial charge >= 0.3 is 12.1 Å². The highest BCUT2D eigenvalue weighted by Crippen LogP contribution is 2.36. The molecule has 1 aromatic rings. The summed E-state index contributed by atoms with van der Waals surface area (Å²) in [6.07, 6.45) is -0.630. The van der Waals surface area contributed by atoms with Crippen LogP contribution >= 0.6 is 0 Å². The number of anilines is 1. The van der Waals surface area contributed by atoms with Crippen LogP contribution < -0.4 is 4.90 Å². The Balaban J connectivity index is 2.47. The van der Waals surface area contributed by atoms with Gasteiger partial charge in [-0.25, -0.2) is 14.0 Å². The van der Waals surface area contributed by atoms with Crippen molar-refractivity contribution < 1.29 is 23.8 Å². The van der Waals surface area contributed by atoms with Crippen LogP contribution in [0, 0.1) is 12.7 Å². The number of hydrogen-bond acceptors (Lipinski definition) is 3. The molecule has 1 heterocycles. The Morgan fingerprint density at radius 1 is 1.38 bits per heavy atom. The third-order valence-corrected chi connectivity index (χ3v) is 3.26. The fourth-order valence-corrected chi connectivity index (χ4v) is 2.42. The van der Waals surface area contributed by atoms with Gasteiger partial charge in [-0.3, -0.25) is 4.90 Å². The topological polar surface area (TPSA) is 66.8 Å². The van der Waals surface area contributed by atoms with Crippen LogP contribution in [0.4, 0.5) is 14.9 Å². The summed E-state index contributed by atoms with van der Waals surface area (Å²) >= 11 is 0. The first-order chi connectivity index (χ1) is 9.60. The number of halogens is 1. The number of ether oxygens (including phenoxy) is 1. The maximum atomic E-state index is 13.6. The van der Waals surface area contributed by atoms with Gasteiger partial charge in [0.05, 0.1) is 5.69 Å². The predicted molar refractivity (Wildman–Crippen MR) is 75.0 cm³/mol. The van der Waals surface area contributed by atoms with Crippen molar-refractivity contribution in [1.82, 2.24) is 0 Å². The van der Waals surface area contributed by atoms with Gasteiger partial charge in [-0.05, 0) is 51.0 Å². The van der Waals surface area contributed by atoms with Crippen molar-refractivity contribution in [2.75, 3.05) is 4.90 Å². The summed E-state index contributed by atoms with van der Waals surface area (Å²) in [7, 11) is 0. The van der Waals surface area contributed by atoms with E-state index in [0.717, 1.165) is 4.90 Å². The molecule has 21 heavy (non-hydrogen) atoms. The largest absolute Gasteiger partial charge is 0.480 e. The highest BCUT2D eigenvalue weighted by atomic mass is 19.1. The molecular weight excluding hydrogens is 277 g/mol. The lowest BCUT2D eigenvalue weighted by Gasteiger charge is -2.27. The average Bonchev–Trinajstić information content (AvgIpc) is 2.66. The van der Waals surface area contributed by atoms with E-state index in [1.54, 1.807) is 27.7 Å².